The van der Waals surface area contributed by atoms with E-state index in [0.29, 0.717) is 5.88 Å². The summed E-state index contributed by atoms with van der Waals surface area (Å²) in [7, 11) is 0. The van der Waals surface area contributed by atoms with Crippen LogP contribution in [-0.2, 0) is 21.7 Å². The minimum atomic E-state index is -0.281. The van der Waals surface area contributed by atoms with Crippen molar-refractivity contribution in [3.63, 3.8) is 0 Å². The Bertz CT molecular complexity index is 5780. The highest BCUT2D eigenvalue weighted by Gasteiger charge is 2.52. The molecule has 105 heavy (non-hydrogen) atoms. The summed E-state index contributed by atoms with van der Waals surface area (Å²) in [5.41, 5.74) is 31.5. The van der Waals surface area contributed by atoms with Crippen LogP contribution in [0.3, 0.4) is 0 Å². The van der Waals surface area contributed by atoms with Gasteiger partial charge in [-0.25, -0.2) is 4.98 Å². The summed E-state index contributed by atoms with van der Waals surface area (Å²) in [5, 5.41) is 1.30. The normalized spacial score (nSPS) is 16.2. The molecule has 3 aromatic heterocycles. The summed E-state index contributed by atoms with van der Waals surface area (Å²) in [6.45, 7) is 32.6. The lowest BCUT2D eigenvalue weighted by Crippen LogP contribution is -2.64. The first-order valence-electron chi connectivity index (χ1n) is 37.7. The largest absolute Gasteiger partial charge is 0.440 e. The van der Waals surface area contributed by atoms with Gasteiger partial charge in [-0.3, -0.25) is 14.7 Å². The van der Waals surface area contributed by atoms with E-state index in [9.17, 15) is 0 Å². The fraction of sp³-hybridized carbons (Fsp3) is 0.234. The van der Waals surface area contributed by atoms with Gasteiger partial charge in [-0.05, 0) is 221 Å². The second-order valence-electron chi connectivity index (χ2n) is 33.3. The molecule has 10 aromatic carbocycles. The summed E-state index contributed by atoms with van der Waals surface area (Å²) in [4.78, 5) is 24.8. The lowest BCUT2D eigenvalue weighted by atomic mass is 9.32. The Morgan fingerprint density at radius 1 is 0.390 bits per heavy atom. The predicted octanol–water partition coefficient (Wildman–Crippen LogP) is 21.7. The SMILES string of the molecule is Cc1ccccc1N(c1cc2c3c(n1)Oc1cc4c(cc1B3c1ccccc1N2c1ccccc1)B1c2sc3c5c(ccc3c2N(c2ccc3c(c2)C(C)(C)CCC3(C)C)c2cc(N(c3ccccc3C)c3c(C)cccc3C)nc(c21)N4c1ccccc1)C(C)(C)CCC5(C)C)c1c(C)cccc1C. The first-order valence-corrected chi connectivity index (χ1v) is 38.5. The molecule has 11 heteroatoms. The standard InChI is InChI=1S/C94H87B2N7OS/c1-56-29-21-24-40-72(56)102(84-58(3)31-27-32-59(84)4)79-54-76-82-89(97-79)101(63-37-19-16-20-38-63)75-53-78-71(52-70(75)96(82)88-86(65-44-46-67-81(87(65)105-88)94(13,14)50-49-92(67,9)10)100(76)64-43-45-66-68(51-64)93(11,12)48-47-91(66,7)8)95-69-39-23-26-42-74(69)99(62-35-17-15-18-36-62)77-55-80(98-90(104-78)83(77)95)103(73-41-25-22-30-57(73)2)85-60(5)33-28-34-61(85)6/h15-46,51-55H,47-50H2,1-14H3. The average Bonchev–Trinajstić information content (AvgIpc) is 1.64. The average molecular weight is 1380 g/mol. The maximum Gasteiger partial charge on any atom is 0.266 e. The van der Waals surface area contributed by atoms with Crippen molar-refractivity contribution >= 4 is 153 Å². The van der Waals surface area contributed by atoms with Crippen LogP contribution in [0.5, 0.6) is 11.6 Å². The van der Waals surface area contributed by atoms with Crippen LogP contribution >= 0.6 is 11.3 Å². The smallest absolute Gasteiger partial charge is 0.266 e. The Morgan fingerprint density at radius 3 is 1.52 bits per heavy atom. The van der Waals surface area contributed by atoms with Crippen LogP contribution in [0, 0.1) is 41.5 Å². The number of para-hydroxylation sites is 7. The number of pyridine rings is 2. The third-order valence-electron chi connectivity index (χ3n) is 24.7. The molecule has 0 bridgehead atoms. The van der Waals surface area contributed by atoms with E-state index in [2.05, 4.69) is 346 Å². The van der Waals surface area contributed by atoms with Gasteiger partial charge in [0.05, 0.1) is 34.1 Å². The molecule has 2 aliphatic carbocycles. The number of hydrogen-bond acceptors (Lipinski definition) is 9. The minimum Gasteiger partial charge on any atom is -0.440 e. The highest BCUT2D eigenvalue weighted by atomic mass is 32.1. The van der Waals surface area contributed by atoms with Crippen molar-refractivity contribution in [3.8, 4) is 11.6 Å². The second-order valence-corrected chi connectivity index (χ2v) is 34.3. The molecule has 6 aliphatic rings. The summed E-state index contributed by atoms with van der Waals surface area (Å²) < 4.78 is 10.6. The first-order chi connectivity index (χ1) is 50.6. The van der Waals surface area contributed by atoms with E-state index in [-0.39, 0.29) is 35.1 Å². The van der Waals surface area contributed by atoms with Crippen LogP contribution < -0.4 is 61.3 Å². The van der Waals surface area contributed by atoms with Gasteiger partial charge in [0, 0.05) is 72.6 Å². The van der Waals surface area contributed by atoms with E-state index in [0.717, 1.165) is 145 Å². The van der Waals surface area contributed by atoms with Crippen molar-refractivity contribution in [1.82, 2.24) is 9.97 Å². The molecule has 516 valence electrons. The fourth-order valence-corrected chi connectivity index (χ4v) is 20.8. The van der Waals surface area contributed by atoms with Gasteiger partial charge in [0.1, 0.15) is 23.2 Å². The van der Waals surface area contributed by atoms with E-state index in [4.69, 9.17) is 14.7 Å². The van der Waals surface area contributed by atoms with E-state index < -0.39 is 0 Å². The molecule has 0 N–H and O–H groups in total. The molecule has 0 saturated heterocycles. The Kier molecular flexibility index (Phi) is 14.6. The number of nitrogens with zero attached hydrogens (tertiary/aromatic N) is 7. The zero-order chi connectivity index (χ0) is 72.1. The maximum absolute atomic E-state index is 7.89. The molecule has 0 amide bonds. The summed E-state index contributed by atoms with van der Waals surface area (Å²) in [6, 6.07) is 84.2. The highest BCUT2D eigenvalue weighted by molar-refractivity contribution is 7.34. The number of fused-ring (bicyclic) bond motifs is 13. The van der Waals surface area contributed by atoms with Crippen LogP contribution in [0.25, 0.3) is 10.1 Å². The number of ether oxygens (including phenoxy) is 1. The molecule has 4 aliphatic heterocycles. The molecule has 0 saturated carbocycles. The fourth-order valence-electron chi connectivity index (χ4n) is 19.1. The first kappa shape index (κ1) is 65.2. The zero-order valence-electron chi connectivity index (χ0n) is 62.8. The van der Waals surface area contributed by atoms with Gasteiger partial charge in [-0.1, -0.05) is 207 Å². The number of aromatic nitrogens is 2. The Hall–Kier alpha value is -10.6. The van der Waals surface area contributed by atoms with E-state index in [1.54, 1.807) is 0 Å². The topological polar surface area (TPSA) is 51.2 Å². The van der Waals surface area contributed by atoms with Gasteiger partial charge in [-0.2, -0.15) is 4.98 Å². The van der Waals surface area contributed by atoms with Crippen molar-refractivity contribution in [2.24, 2.45) is 0 Å². The Balaban J connectivity index is 0.948. The number of thiophene rings is 1. The maximum atomic E-state index is 7.89. The van der Waals surface area contributed by atoms with E-state index in [1.165, 1.54) is 70.3 Å². The monoisotopic (exact) mass is 1380 g/mol. The van der Waals surface area contributed by atoms with E-state index in [1.807, 2.05) is 11.3 Å². The zero-order valence-corrected chi connectivity index (χ0v) is 63.6. The second kappa shape index (κ2) is 23.4. The molecule has 0 radical (unpaired) electrons. The van der Waals surface area contributed by atoms with Crippen LogP contribution in [0.2, 0.25) is 0 Å². The molecule has 7 heterocycles. The summed E-state index contributed by atoms with van der Waals surface area (Å²) in [6.07, 6.45) is 4.47. The minimum absolute atomic E-state index is 0.0101. The molecular weight excluding hydrogens is 1300 g/mol. The Labute approximate surface area is 623 Å². The quantitative estimate of drug-likeness (QED) is 0.133. The molecule has 19 rings (SSSR count). The van der Waals surface area contributed by atoms with Crippen LogP contribution in [0.15, 0.2) is 224 Å². The van der Waals surface area contributed by atoms with Crippen LogP contribution in [0.1, 0.15) is 137 Å². The molecule has 0 atom stereocenters. The van der Waals surface area contributed by atoms with E-state index >= 15 is 0 Å². The summed E-state index contributed by atoms with van der Waals surface area (Å²) in [5.74, 6) is 3.84. The molecular formula is C94H87B2N7OS. The molecule has 0 spiro atoms. The lowest BCUT2D eigenvalue weighted by Gasteiger charge is -2.45. The number of hydrogen-bond donors (Lipinski definition) is 0. The van der Waals surface area contributed by atoms with Gasteiger partial charge in [-0.15, -0.1) is 11.3 Å². The van der Waals surface area contributed by atoms with Gasteiger partial charge in [0.2, 0.25) is 5.88 Å². The molecule has 0 fully saturated rings. The van der Waals surface area contributed by atoms with Crippen molar-refractivity contribution < 1.29 is 4.74 Å². The van der Waals surface area contributed by atoms with Crippen molar-refractivity contribution in [2.45, 2.75) is 144 Å². The molecule has 13 aromatic rings. The lowest BCUT2D eigenvalue weighted by molar-refractivity contribution is 0.332. The third-order valence-corrected chi connectivity index (χ3v) is 26.0. The number of aryl methyl sites for hydroxylation is 6. The van der Waals surface area contributed by atoms with Gasteiger partial charge in [0.15, 0.2) is 0 Å². The van der Waals surface area contributed by atoms with Crippen LogP contribution in [0.4, 0.5) is 85.7 Å². The highest BCUT2D eigenvalue weighted by Crippen LogP contribution is 2.57. The van der Waals surface area contributed by atoms with Crippen LogP contribution in [-0.4, -0.2) is 23.4 Å². The van der Waals surface area contributed by atoms with Crippen molar-refractivity contribution in [2.75, 3.05) is 24.5 Å². The number of benzene rings is 10. The van der Waals surface area contributed by atoms with Gasteiger partial charge >= 0.3 is 0 Å². The Morgan fingerprint density at radius 2 is 0.905 bits per heavy atom. The predicted molar refractivity (Wildman–Crippen MR) is 446 cm³/mol. The van der Waals surface area contributed by atoms with Gasteiger partial charge < -0.3 is 14.5 Å². The van der Waals surface area contributed by atoms with Crippen molar-refractivity contribution in [1.29, 1.82) is 0 Å². The summed E-state index contributed by atoms with van der Waals surface area (Å²) >= 11 is 2.04. The third kappa shape index (κ3) is 9.78. The van der Waals surface area contributed by atoms with Crippen molar-refractivity contribution in [3.05, 3.63) is 280 Å². The molecule has 8 nitrogen and oxygen atoms in total. The number of anilines is 15. The molecule has 0 unspecified atom stereocenters. The number of rotatable bonds is 9. The van der Waals surface area contributed by atoms with Gasteiger partial charge in [0.25, 0.3) is 13.4 Å².